The molecule has 236 valence electrons. The molecule has 2 bridgehead atoms. The molecule has 9 nitrogen and oxygen atoms in total. The average molecular weight is 618 g/mol. The smallest absolute Gasteiger partial charge is 0.321 e. The van der Waals surface area contributed by atoms with Crippen LogP contribution in [0, 0.1) is 46.2 Å². The zero-order valence-corrected chi connectivity index (χ0v) is 24.9. The van der Waals surface area contributed by atoms with Gasteiger partial charge in [-0.25, -0.2) is 8.78 Å². The van der Waals surface area contributed by atoms with E-state index in [0.29, 0.717) is 25.3 Å². The largest absolute Gasteiger partial charge is 0.339 e. The van der Waals surface area contributed by atoms with E-state index < -0.39 is 82.3 Å². The van der Waals surface area contributed by atoms with Gasteiger partial charge in [0.2, 0.25) is 17.7 Å². The number of anilines is 1. The van der Waals surface area contributed by atoms with Crippen LogP contribution in [0.4, 0.5) is 23.2 Å². The van der Waals surface area contributed by atoms with Gasteiger partial charge < -0.3 is 20.4 Å². The summed E-state index contributed by atoms with van der Waals surface area (Å²) in [6.07, 6.45) is -0.441. The second-order valence-corrected chi connectivity index (χ2v) is 14.3. The van der Waals surface area contributed by atoms with Gasteiger partial charge >= 0.3 is 5.92 Å². The molecule has 2 N–H and O–H groups in total. The van der Waals surface area contributed by atoms with Crippen LogP contribution in [0.2, 0.25) is 0 Å². The number of hydrogen-bond donors (Lipinski definition) is 2. The molecule has 1 aromatic rings. The maximum Gasteiger partial charge on any atom is 0.321 e. The second-order valence-electron chi connectivity index (χ2n) is 14.3. The summed E-state index contributed by atoms with van der Waals surface area (Å²) in [5, 5.41) is 14.9. The van der Waals surface area contributed by atoms with Crippen LogP contribution in [-0.4, -0.2) is 76.7 Å². The van der Waals surface area contributed by atoms with Gasteiger partial charge in [0.05, 0.1) is 17.2 Å². The van der Waals surface area contributed by atoms with Gasteiger partial charge in [0.1, 0.15) is 30.1 Å². The number of benzene rings is 1. The Bertz CT molecular complexity index is 1480. The molecule has 1 spiro atoms. The molecule has 3 aliphatic heterocycles. The molecule has 2 aliphatic carbocycles. The standard InChI is InChI=1S/C31H35F4N5O4/c1-29(2,3)24(38-27(43)30(4,34)35)26(42)39-12-17-14-8-16(20(33)9-14)21(17)23(39)25(41)40-13-31(10-15(40)11-36)18-6-5-7-19(32)22(18)37-28(31)44/h5-7,14-17,20-21,23-24H,8-10,12-13H2,1-4H3,(H,37,44)(H,38,43)/t14-,15-,16+,17+,20+,21-,23-,24+,31-/m0/s1. The van der Waals surface area contributed by atoms with Crippen LogP contribution in [0.1, 0.15) is 52.5 Å². The first-order valence-corrected chi connectivity index (χ1v) is 14.9. The molecule has 2 saturated carbocycles. The van der Waals surface area contributed by atoms with Gasteiger partial charge in [-0.3, -0.25) is 19.2 Å². The van der Waals surface area contributed by atoms with Crippen molar-refractivity contribution in [3.05, 3.63) is 29.6 Å². The van der Waals surface area contributed by atoms with E-state index in [1.165, 1.54) is 21.9 Å². The number of halogens is 4. The van der Waals surface area contributed by atoms with E-state index in [4.69, 9.17) is 0 Å². The fraction of sp³-hybridized carbons (Fsp3) is 0.645. The summed E-state index contributed by atoms with van der Waals surface area (Å²) in [6, 6.07) is 2.54. The number of fused-ring (bicyclic) bond motifs is 7. The van der Waals surface area contributed by atoms with E-state index in [2.05, 4.69) is 16.7 Å². The van der Waals surface area contributed by atoms with E-state index in [1.807, 2.05) is 0 Å². The van der Waals surface area contributed by atoms with E-state index in [0.717, 1.165) is 0 Å². The van der Waals surface area contributed by atoms with E-state index in [1.54, 1.807) is 26.8 Å². The molecule has 3 heterocycles. The highest BCUT2D eigenvalue weighted by Crippen LogP contribution is 2.59. The van der Waals surface area contributed by atoms with Gasteiger partial charge in [-0.15, -0.1) is 0 Å². The van der Waals surface area contributed by atoms with Crippen LogP contribution < -0.4 is 10.6 Å². The van der Waals surface area contributed by atoms with Crippen molar-refractivity contribution in [2.45, 2.75) is 82.6 Å². The predicted molar refractivity (Wildman–Crippen MR) is 148 cm³/mol. The Labute approximate surface area is 252 Å². The molecular formula is C31H35F4N5O4. The number of carbonyl (C=O) groups excluding carboxylic acids is 4. The van der Waals surface area contributed by atoms with Crippen molar-refractivity contribution in [1.82, 2.24) is 15.1 Å². The van der Waals surface area contributed by atoms with Crippen LogP contribution >= 0.6 is 0 Å². The average Bonchev–Trinajstić information content (AvgIpc) is 3.73. The molecule has 9 atom stereocenters. The summed E-state index contributed by atoms with van der Waals surface area (Å²) in [7, 11) is 0. The van der Waals surface area contributed by atoms with E-state index in [-0.39, 0.29) is 37.0 Å². The summed E-state index contributed by atoms with van der Waals surface area (Å²) in [5.41, 5.74) is -2.11. The molecule has 0 unspecified atom stereocenters. The number of nitrogens with one attached hydrogen (secondary N) is 2. The number of hydrogen-bond acceptors (Lipinski definition) is 5. The number of nitriles is 1. The van der Waals surface area contributed by atoms with Crippen molar-refractivity contribution >= 4 is 29.3 Å². The van der Waals surface area contributed by atoms with Crippen molar-refractivity contribution in [2.75, 3.05) is 18.4 Å². The predicted octanol–water partition coefficient (Wildman–Crippen LogP) is 3.15. The molecule has 4 fully saturated rings. The van der Waals surface area contributed by atoms with Gasteiger partial charge in [-0.05, 0) is 53.6 Å². The Kier molecular flexibility index (Phi) is 6.83. The highest BCUT2D eigenvalue weighted by Gasteiger charge is 2.65. The van der Waals surface area contributed by atoms with Gasteiger partial charge in [0, 0.05) is 26.4 Å². The van der Waals surface area contributed by atoms with E-state index in [9.17, 15) is 37.6 Å². The first-order valence-electron chi connectivity index (χ1n) is 14.9. The maximum atomic E-state index is 15.2. The summed E-state index contributed by atoms with van der Waals surface area (Å²) in [6.45, 7) is 5.05. The van der Waals surface area contributed by atoms with Crippen LogP contribution in [-0.2, 0) is 24.6 Å². The lowest BCUT2D eigenvalue weighted by molar-refractivity contribution is -0.153. The molecule has 5 aliphatic rings. The number of nitrogens with zero attached hydrogens (tertiary/aromatic N) is 3. The third-order valence-corrected chi connectivity index (χ3v) is 10.6. The minimum Gasteiger partial charge on any atom is -0.339 e. The molecule has 0 radical (unpaired) electrons. The lowest BCUT2D eigenvalue weighted by atomic mass is 9.77. The molecule has 6 rings (SSSR count). The maximum absolute atomic E-state index is 15.2. The zero-order chi connectivity index (χ0) is 32.1. The highest BCUT2D eigenvalue weighted by atomic mass is 19.3. The number of amides is 4. The van der Waals surface area contributed by atoms with Crippen LogP contribution in [0.5, 0.6) is 0 Å². The lowest BCUT2D eigenvalue weighted by Crippen LogP contribution is -2.61. The number of alkyl halides is 3. The van der Waals surface area contributed by atoms with Crippen LogP contribution in [0.25, 0.3) is 0 Å². The minimum absolute atomic E-state index is 0.00826. The summed E-state index contributed by atoms with van der Waals surface area (Å²) < 4.78 is 57.6. The van der Waals surface area contributed by atoms with Gasteiger partial charge in [0.25, 0.3) is 5.91 Å². The highest BCUT2D eigenvalue weighted by molar-refractivity contribution is 6.07. The van der Waals surface area contributed by atoms with Crippen LogP contribution in [0.15, 0.2) is 18.2 Å². The molecule has 0 aromatic heterocycles. The van der Waals surface area contributed by atoms with Crippen molar-refractivity contribution in [1.29, 1.82) is 5.26 Å². The number of carbonyl (C=O) groups is 4. The quantitative estimate of drug-likeness (QED) is 0.503. The molecule has 13 heteroatoms. The Balaban J connectivity index is 1.37. The first kappa shape index (κ1) is 30.3. The Morgan fingerprint density at radius 3 is 2.48 bits per heavy atom. The van der Waals surface area contributed by atoms with Gasteiger partial charge in [-0.1, -0.05) is 32.9 Å². The normalized spacial score (nSPS) is 34.5. The second kappa shape index (κ2) is 9.91. The zero-order valence-electron chi connectivity index (χ0n) is 24.9. The van der Waals surface area contributed by atoms with Crippen molar-refractivity contribution in [3.8, 4) is 6.07 Å². The summed E-state index contributed by atoms with van der Waals surface area (Å²) in [5.74, 6) is -9.39. The fourth-order valence-electron chi connectivity index (χ4n) is 8.51. The summed E-state index contributed by atoms with van der Waals surface area (Å²) in [4.78, 5) is 57.0. The molecule has 2 saturated heterocycles. The number of likely N-dealkylation sites (tertiary alicyclic amines) is 2. The number of rotatable bonds is 4. The minimum atomic E-state index is -3.76. The molecule has 4 amide bonds. The third kappa shape index (κ3) is 4.38. The van der Waals surface area contributed by atoms with Crippen molar-refractivity contribution in [2.24, 2.45) is 29.1 Å². The Morgan fingerprint density at radius 1 is 1.14 bits per heavy atom. The topological polar surface area (TPSA) is 123 Å². The molecule has 44 heavy (non-hydrogen) atoms. The van der Waals surface area contributed by atoms with Crippen LogP contribution in [0.3, 0.4) is 0 Å². The van der Waals surface area contributed by atoms with Crippen molar-refractivity contribution in [3.63, 3.8) is 0 Å². The Morgan fingerprint density at radius 2 is 1.84 bits per heavy atom. The number of para-hydroxylation sites is 1. The third-order valence-electron chi connectivity index (χ3n) is 10.6. The van der Waals surface area contributed by atoms with Crippen molar-refractivity contribution < 1.29 is 36.7 Å². The molecular weight excluding hydrogens is 582 g/mol. The lowest BCUT2D eigenvalue weighted by Gasteiger charge is -2.39. The fourth-order valence-corrected chi connectivity index (χ4v) is 8.51. The van der Waals surface area contributed by atoms with E-state index >= 15 is 4.39 Å². The van der Waals surface area contributed by atoms with Gasteiger partial charge in [0.15, 0.2) is 0 Å². The SMILES string of the molecule is CC(F)(F)C(=O)N[C@H](C(=O)N1C[C@@H]2[C@H]3C[C@@H]([C@@H]2[C@H]1C(=O)N1C[C@]2(C[C@H]1C#N)C(=O)Nc1c(F)cccc12)[C@H](F)C3)C(C)(C)C. The van der Waals surface area contributed by atoms with Gasteiger partial charge in [-0.2, -0.15) is 14.0 Å². The monoisotopic (exact) mass is 617 g/mol. The Hall–Kier alpha value is -3.69. The molecule has 1 aromatic carbocycles. The first-order chi connectivity index (χ1) is 20.5. The summed E-state index contributed by atoms with van der Waals surface area (Å²) >= 11 is 0.